The van der Waals surface area contributed by atoms with Crippen molar-refractivity contribution in [3.05, 3.63) is 53.3 Å². The molecule has 1 amide bonds. The molecule has 0 aliphatic carbocycles. The molecule has 1 aromatic heterocycles. The summed E-state index contributed by atoms with van der Waals surface area (Å²) < 4.78 is 31.2. The summed E-state index contributed by atoms with van der Waals surface area (Å²) in [6.45, 7) is 3.74. The predicted octanol–water partition coefficient (Wildman–Crippen LogP) is 2.76. The third-order valence-corrected chi connectivity index (χ3v) is 6.35. The van der Waals surface area contributed by atoms with E-state index in [9.17, 15) is 13.2 Å². The Hall–Kier alpha value is -3.04. The number of hydrogen-bond acceptors (Lipinski definition) is 6. The number of ether oxygens (including phenoxy) is 1. The summed E-state index contributed by atoms with van der Waals surface area (Å²) >= 11 is 0. The van der Waals surface area contributed by atoms with Crippen LogP contribution in [0.4, 0.5) is 5.69 Å². The van der Waals surface area contributed by atoms with Crippen LogP contribution in [0.5, 0.6) is 5.75 Å². The monoisotopic (exact) mass is 414 g/mol. The molecule has 1 N–H and O–H groups in total. The highest BCUT2D eigenvalue weighted by Gasteiger charge is 2.20. The molecule has 3 rings (SSSR count). The van der Waals surface area contributed by atoms with Crippen molar-refractivity contribution in [2.75, 3.05) is 26.5 Å². The van der Waals surface area contributed by atoms with Crippen molar-refractivity contribution < 1.29 is 17.9 Å². The largest absolute Gasteiger partial charge is 0.495 e. The zero-order chi connectivity index (χ0) is 21.3. The Morgan fingerprint density at radius 2 is 1.66 bits per heavy atom. The van der Waals surface area contributed by atoms with Gasteiger partial charge in [-0.25, -0.2) is 22.7 Å². The van der Waals surface area contributed by atoms with E-state index in [1.54, 1.807) is 18.2 Å². The number of benzene rings is 2. The van der Waals surface area contributed by atoms with E-state index in [-0.39, 0.29) is 10.6 Å². The number of sulfonamides is 1. The number of amides is 1. The molecule has 0 saturated heterocycles. The quantitative estimate of drug-likeness (QED) is 0.689. The Labute approximate surface area is 169 Å². The number of nitrogens with zero attached hydrogens (tertiary/aromatic N) is 3. The lowest BCUT2D eigenvalue weighted by molar-refractivity contribution is 0.102. The molecule has 9 heteroatoms. The van der Waals surface area contributed by atoms with Crippen molar-refractivity contribution in [2.24, 2.45) is 0 Å². The van der Waals surface area contributed by atoms with E-state index in [4.69, 9.17) is 4.74 Å². The third-order valence-electron chi connectivity index (χ3n) is 4.54. The first-order valence-electron chi connectivity index (χ1n) is 8.80. The van der Waals surface area contributed by atoms with Gasteiger partial charge in [-0.2, -0.15) is 0 Å². The summed E-state index contributed by atoms with van der Waals surface area (Å²) in [5.74, 6) is -0.0623. The highest BCUT2D eigenvalue weighted by molar-refractivity contribution is 7.89. The second-order valence-corrected chi connectivity index (χ2v) is 8.85. The molecule has 0 aliphatic rings. The van der Waals surface area contributed by atoms with Gasteiger partial charge in [-0.1, -0.05) is 0 Å². The smallest absolute Gasteiger partial charge is 0.255 e. The molecule has 0 atom stereocenters. The maximum atomic E-state index is 12.8. The number of methoxy groups -OCH3 is 1. The van der Waals surface area contributed by atoms with Gasteiger partial charge in [0.15, 0.2) is 0 Å². The van der Waals surface area contributed by atoms with Crippen LogP contribution in [0.2, 0.25) is 0 Å². The lowest BCUT2D eigenvalue weighted by Gasteiger charge is -2.15. The van der Waals surface area contributed by atoms with E-state index < -0.39 is 15.9 Å². The number of carbonyl (C=O) groups is 1. The molecule has 0 radical (unpaired) electrons. The Kier molecular flexibility index (Phi) is 5.54. The van der Waals surface area contributed by atoms with Gasteiger partial charge < -0.3 is 10.1 Å². The van der Waals surface area contributed by atoms with Crippen LogP contribution in [0.25, 0.3) is 11.0 Å². The van der Waals surface area contributed by atoms with Crippen LogP contribution in [0.1, 0.15) is 21.7 Å². The van der Waals surface area contributed by atoms with Crippen LogP contribution < -0.4 is 10.1 Å². The number of fused-ring (bicyclic) bond motifs is 1. The minimum Gasteiger partial charge on any atom is -0.495 e. The Balaban J connectivity index is 1.98. The molecule has 29 heavy (non-hydrogen) atoms. The van der Waals surface area contributed by atoms with Gasteiger partial charge in [-0.05, 0) is 50.2 Å². The Morgan fingerprint density at radius 1 is 1.00 bits per heavy atom. The first-order valence-corrected chi connectivity index (χ1v) is 10.2. The summed E-state index contributed by atoms with van der Waals surface area (Å²) in [5.41, 5.74) is 3.55. The fraction of sp³-hybridized carbons (Fsp3) is 0.250. The standard InChI is InChI=1S/C20H22N4O4S/c1-12-13(2)22-17-10-14(6-8-16(17)21-12)20(25)23-18-11-15(7-9-19(18)28-5)29(26,27)24(3)4/h6-11H,1-5H3,(H,23,25). The fourth-order valence-corrected chi connectivity index (χ4v) is 3.65. The second-order valence-electron chi connectivity index (χ2n) is 6.70. The predicted molar refractivity (Wildman–Crippen MR) is 111 cm³/mol. The molecular weight excluding hydrogens is 392 g/mol. The fourth-order valence-electron chi connectivity index (χ4n) is 2.72. The maximum Gasteiger partial charge on any atom is 0.255 e. The number of anilines is 1. The Bertz CT molecular complexity index is 1210. The van der Waals surface area contributed by atoms with Gasteiger partial charge in [-0.15, -0.1) is 0 Å². The number of aromatic nitrogens is 2. The lowest BCUT2D eigenvalue weighted by Crippen LogP contribution is -2.22. The first-order chi connectivity index (χ1) is 13.6. The average Bonchev–Trinajstić information content (AvgIpc) is 2.68. The minimum atomic E-state index is -3.65. The van der Waals surface area contributed by atoms with Gasteiger partial charge in [-0.3, -0.25) is 4.79 Å². The van der Waals surface area contributed by atoms with Crippen LogP contribution >= 0.6 is 0 Å². The van der Waals surface area contributed by atoms with Crippen LogP contribution in [0.3, 0.4) is 0 Å². The zero-order valence-electron chi connectivity index (χ0n) is 16.8. The summed E-state index contributed by atoms with van der Waals surface area (Å²) in [6, 6.07) is 9.34. The van der Waals surface area contributed by atoms with Crippen molar-refractivity contribution in [3.63, 3.8) is 0 Å². The molecule has 0 spiro atoms. The van der Waals surface area contributed by atoms with Gasteiger partial charge in [0, 0.05) is 19.7 Å². The zero-order valence-corrected chi connectivity index (χ0v) is 17.7. The summed E-state index contributed by atoms with van der Waals surface area (Å²) in [6.07, 6.45) is 0. The highest BCUT2D eigenvalue weighted by Crippen LogP contribution is 2.29. The lowest BCUT2D eigenvalue weighted by atomic mass is 10.1. The number of rotatable bonds is 5. The maximum absolute atomic E-state index is 12.8. The molecule has 0 unspecified atom stereocenters. The molecule has 0 aliphatic heterocycles. The normalized spacial score (nSPS) is 11.7. The van der Waals surface area contributed by atoms with Crippen molar-refractivity contribution >= 4 is 32.7 Å². The molecule has 2 aromatic carbocycles. The number of nitrogens with one attached hydrogen (secondary N) is 1. The topological polar surface area (TPSA) is 101 Å². The average molecular weight is 414 g/mol. The number of carbonyl (C=O) groups excluding carboxylic acids is 1. The van der Waals surface area contributed by atoms with Crippen LogP contribution in [-0.4, -0.2) is 49.8 Å². The van der Waals surface area contributed by atoms with Gasteiger partial charge in [0.25, 0.3) is 5.91 Å². The van der Waals surface area contributed by atoms with Gasteiger partial charge in [0.05, 0.1) is 40.1 Å². The minimum absolute atomic E-state index is 0.0501. The number of hydrogen-bond donors (Lipinski definition) is 1. The van der Waals surface area contributed by atoms with Crippen LogP contribution in [0.15, 0.2) is 41.3 Å². The molecule has 1 heterocycles. The van der Waals surface area contributed by atoms with Gasteiger partial charge >= 0.3 is 0 Å². The molecule has 152 valence electrons. The van der Waals surface area contributed by atoms with Crippen LogP contribution in [-0.2, 0) is 10.0 Å². The Morgan fingerprint density at radius 3 is 2.28 bits per heavy atom. The molecule has 0 fully saturated rings. The van der Waals surface area contributed by atoms with Crippen molar-refractivity contribution in [1.29, 1.82) is 0 Å². The highest BCUT2D eigenvalue weighted by atomic mass is 32.2. The second kappa shape index (κ2) is 7.76. The van der Waals surface area contributed by atoms with E-state index in [0.29, 0.717) is 22.3 Å². The van der Waals surface area contributed by atoms with Crippen molar-refractivity contribution in [2.45, 2.75) is 18.7 Å². The summed E-state index contributed by atoms with van der Waals surface area (Å²) in [5, 5.41) is 2.72. The van der Waals surface area contributed by atoms with E-state index in [0.717, 1.165) is 15.7 Å². The first kappa shape index (κ1) is 20.7. The van der Waals surface area contributed by atoms with E-state index >= 15 is 0 Å². The van der Waals surface area contributed by atoms with E-state index in [2.05, 4.69) is 15.3 Å². The van der Waals surface area contributed by atoms with Gasteiger partial charge in [0.1, 0.15) is 5.75 Å². The number of aryl methyl sites for hydroxylation is 2. The van der Waals surface area contributed by atoms with E-state index in [1.807, 2.05) is 13.8 Å². The third kappa shape index (κ3) is 4.06. The summed E-state index contributed by atoms with van der Waals surface area (Å²) in [7, 11) is 0.676. The van der Waals surface area contributed by atoms with Crippen LogP contribution in [0, 0.1) is 13.8 Å². The molecule has 0 bridgehead atoms. The molecule has 0 saturated carbocycles. The SMILES string of the molecule is COc1ccc(S(=O)(=O)N(C)C)cc1NC(=O)c1ccc2nc(C)c(C)nc2c1. The summed E-state index contributed by atoms with van der Waals surface area (Å²) in [4.78, 5) is 21.8. The molecule has 8 nitrogen and oxygen atoms in total. The van der Waals surface area contributed by atoms with E-state index in [1.165, 1.54) is 39.4 Å². The van der Waals surface area contributed by atoms with Crippen molar-refractivity contribution in [1.82, 2.24) is 14.3 Å². The van der Waals surface area contributed by atoms with Crippen molar-refractivity contribution in [3.8, 4) is 5.75 Å². The molecular formula is C20H22N4O4S. The molecule has 3 aromatic rings. The van der Waals surface area contributed by atoms with Gasteiger partial charge in [0.2, 0.25) is 10.0 Å².